The van der Waals surface area contributed by atoms with Crippen molar-refractivity contribution in [1.29, 1.82) is 0 Å². The highest BCUT2D eigenvalue weighted by molar-refractivity contribution is 6.09. The topological polar surface area (TPSA) is 94.3 Å². The van der Waals surface area contributed by atoms with Crippen molar-refractivity contribution >= 4 is 11.7 Å². The highest BCUT2D eigenvalue weighted by atomic mass is 19.3. The van der Waals surface area contributed by atoms with Crippen molar-refractivity contribution in [2.45, 2.75) is 76.4 Å². The van der Waals surface area contributed by atoms with Crippen molar-refractivity contribution in [3.05, 3.63) is 47.4 Å². The van der Waals surface area contributed by atoms with Gasteiger partial charge in [0.15, 0.2) is 5.78 Å². The number of aryl methyl sites for hydroxylation is 1. The first-order valence-electron chi connectivity index (χ1n) is 12.1. The molecule has 2 aromatic rings. The molecule has 0 unspecified atom stereocenters. The Morgan fingerprint density at radius 1 is 1.26 bits per heavy atom. The second kappa shape index (κ2) is 10.4. The summed E-state index contributed by atoms with van der Waals surface area (Å²) in [5.74, 6) is -0.996. The number of amides is 1. The Morgan fingerprint density at radius 3 is 2.63 bits per heavy atom. The number of benzene rings is 1. The fourth-order valence-corrected chi connectivity index (χ4v) is 4.85. The summed E-state index contributed by atoms with van der Waals surface area (Å²) >= 11 is 0. The Labute approximate surface area is 203 Å². The molecule has 9 heteroatoms. The summed E-state index contributed by atoms with van der Waals surface area (Å²) in [5, 5.41) is 10.2. The summed E-state index contributed by atoms with van der Waals surface area (Å²) in [6, 6.07) is 5.02. The number of carbonyl (C=O) groups excluding carboxylic acids is 2. The van der Waals surface area contributed by atoms with E-state index in [0.717, 1.165) is 44.1 Å². The van der Waals surface area contributed by atoms with Crippen LogP contribution < -0.4 is 5.32 Å². The first kappa shape index (κ1) is 25.2. The van der Waals surface area contributed by atoms with E-state index in [2.05, 4.69) is 22.1 Å². The standard InChI is InChI=1S/C26H31F2N3O4/c1-4-16-9-10-18(23-30-31-24(35-23)22(27)28)14-19(16)21(32)15(2)13-17-7-5-6-8-20(17)29-25(33)26(34-3)11-12-26/h9-10,14,17,20,22H,2,4-8,11-13H2,1,3H3,(H,29,33)/t17-,20+/m0/s1. The number of hydrogen-bond donors (Lipinski definition) is 1. The number of methoxy groups -OCH3 is 1. The van der Waals surface area contributed by atoms with Crippen LogP contribution in [-0.4, -0.2) is 40.6 Å². The van der Waals surface area contributed by atoms with Crippen LogP contribution in [0.4, 0.5) is 8.78 Å². The van der Waals surface area contributed by atoms with Gasteiger partial charge in [0.25, 0.3) is 11.8 Å². The molecule has 0 radical (unpaired) electrons. The number of Topliss-reactive ketones (excluding diaryl/α,β-unsaturated/α-hetero) is 1. The van der Waals surface area contributed by atoms with Gasteiger partial charge in [-0.25, -0.2) is 0 Å². The number of nitrogens with one attached hydrogen (secondary N) is 1. The van der Waals surface area contributed by atoms with Gasteiger partial charge in [-0.1, -0.05) is 32.4 Å². The Morgan fingerprint density at radius 2 is 2.00 bits per heavy atom. The molecule has 2 fully saturated rings. The Balaban J connectivity index is 1.49. The van der Waals surface area contributed by atoms with Crippen molar-refractivity contribution in [3.63, 3.8) is 0 Å². The zero-order chi connectivity index (χ0) is 25.2. The van der Waals surface area contributed by atoms with E-state index in [9.17, 15) is 18.4 Å². The maximum Gasteiger partial charge on any atom is 0.314 e. The van der Waals surface area contributed by atoms with Crippen LogP contribution in [0.2, 0.25) is 0 Å². The van der Waals surface area contributed by atoms with Crippen molar-refractivity contribution in [2.75, 3.05) is 7.11 Å². The normalized spacial score (nSPS) is 21.1. The second-order valence-corrected chi connectivity index (χ2v) is 9.43. The van der Waals surface area contributed by atoms with Crippen LogP contribution in [0.3, 0.4) is 0 Å². The van der Waals surface area contributed by atoms with Gasteiger partial charge in [0.1, 0.15) is 5.60 Å². The van der Waals surface area contributed by atoms with Crippen LogP contribution in [0, 0.1) is 5.92 Å². The molecule has 0 bridgehead atoms. The largest absolute Gasteiger partial charge is 0.415 e. The molecule has 7 nitrogen and oxygen atoms in total. The molecule has 1 amide bonds. The first-order chi connectivity index (χ1) is 16.8. The lowest BCUT2D eigenvalue weighted by molar-refractivity contribution is -0.134. The molecule has 1 aromatic heterocycles. The second-order valence-electron chi connectivity index (χ2n) is 9.43. The smallest absolute Gasteiger partial charge is 0.314 e. The zero-order valence-corrected chi connectivity index (χ0v) is 20.1. The predicted octanol–water partition coefficient (Wildman–Crippen LogP) is 5.22. The zero-order valence-electron chi connectivity index (χ0n) is 20.1. The molecule has 1 aromatic carbocycles. The SMILES string of the molecule is C=C(C[C@@H]1CCCC[C@H]1NC(=O)C1(OC)CC1)C(=O)c1cc(-c2nnc(C(F)F)o2)ccc1CC. The van der Waals surface area contributed by atoms with Crippen molar-refractivity contribution in [3.8, 4) is 11.5 Å². The minimum atomic E-state index is -2.87. The summed E-state index contributed by atoms with van der Waals surface area (Å²) in [6.07, 6.45) is 3.49. The van der Waals surface area contributed by atoms with Gasteiger partial charge >= 0.3 is 6.43 Å². The summed E-state index contributed by atoms with van der Waals surface area (Å²) in [6.45, 7) is 6.02. The molecule has 4 rings (SSSR count). The number of carbonyl (C=O) groups is 2. The van der Waals surface area contributed by atoms with Gasteiger partial charge in [0.2, 0.25) is 5.89 Å². The molecule has 2 saturated carbocycles. The number of aromatic nitrogens is 2. The van der Waals surface area contributed by atoms with Gasteiger partial charge < -0.3 is 14.5 Å². The monoisotopic (exact) mass is 487 g/mol. The predicted molar refractivity (Wildman–Crippen MR) is 125 cm³/mol. The van der Waals surface area contributed by atoms with E-state index in [1.807, 2.05) is 6.92 Å². The van der Waals surface area contributed by atoms with E-state index in [1.165, 1.54) is 0 Å². The quantitative estimate of drug-likeness (QED) is 0.365. The van der Waals surface area contributed by atoms with Crippen LogP contribution in [0.1, 0.15) is 80.1 Å². The molecule has 1 heterocycles. The van der Waals surface area contributed by atoms with Gasteiger partial charge in [-0.15, -0.1) is 10.2 Å². The molecule has 1 N–H and O–H groups in total. The Bertz CT molecular complexity index is 1110. The Kier molecular flexibility index (Phi) is 7.44. The van der Waals surface area contributed by atoms with Crippen molar-refractivity contribution < 1.29 is 27.5 Å². The highest BCUT2D eigenvalue weighted by Gasteiger charge is 2.51. The van der Waals surface area contributed by atoms with Crippen molar-refractivity contribution in [2.24, 2.45) is 5.92 Å². The number of halogens is 2. The lowest BCUT2D eigenvalue weighted by Crippen LogP contribution is -2.48. The van der Waals surface area contributed by atoms with Gasteiger partial charge in [-0.3, -0.25) is 9.59 Å². The molecule has 2 atom stereocenters. The van der Waals surface area contributed by atoms with Crippen LogP contribution in [0.15, 0.2) is 34.8 Å². The average Bonchev–Trinajstić information content (AvgIpc) is 3.51. The number of alkyl halides is 2. The van der Waals surface area contributed by atoms with E-state index in [-0.39, 0.29) is 29.5 Å². The lowest BCUT2D eigenvalue weighted by atomic mass is 9.79. The maximum atomic E-state index is 13.4. The number of ketones is 1. The van der Waals surface area contributed by atoms with Gasteiger partial charge in [0.05, 0.1) is 0 Å². The minimum Gasteiger partial charge on any atom is -0.415 e. The third kappa shape index (κ3) is 5.34. The molecular weight excluding hydrogens is 456 g/mol. The van der Waals surface area contributed by atoms with E-state index in [1.54, 1.807) is 25.3 Å². The van der Waals surface area contributed by atoms with Crippen LogP contribution in [0.25, 0.3) is 11.5 Å². The first-order valence-corrected chi connectivity index (χ1v) is 12.1. The summed E-state index contributed by atoms with van der Waals surface area (Å²) in [5.41, 5.74) is 1.42. The minimum absolute atomic E-state index is 0.0310. The van der Waals surface area contributed by atoms with E-state index in [0.29, 0.717) is 29.5 Å². The fraction of sp³-hybridized carbons (Fsp3) is 0.538. The third-order valence-electron chi connectivity index (χ3n) is 7.17. The molecule has 2 aliphatic rings. The molecule has 0 saturated heterocycles. The van der Waals surface area contributed by atoms with Gasteiger partial charge in [0, 0.05) is 24.3 Å². The number of ether oxygens (including phenoxy) is 1. The molecular formula is C26H31F2N3O4. The molecule has 188 valence electrons. The van der Waals surface area contributed by atoms with E-state index >= 15 is 0 Å². The van der Waals surface area contributed by atoms with Crippen LogP contribution in [0.5, 0.6) is 0 Å². The lowest BCUT2D eigenvalue weighted by Gasteiger charge is -2.33. The molecule has 0 spiro atoms. The highest BCUT2D eigenvalue weighted by Crippen LogP contribution is 2.40. The molecule has 0 aliphatic heterocycles. The maximum absolute atomic E-state index is 13.4. The molecule has 2 aliphatic carbocycles. The summed E-state index contributed by atoms with van der Waals surface area (Å²) in [4.78, 5) is 26.2. The summed E-state index contributed by atoms with van der Waals surface area (Å²) in [7, 11) is 1.56. The van der Waals surface area contributed by atoms with E-state index in [4.69, 9.17) is 9.15 Å². The number of nitrogens with zero attached hydrogens (tertiary/aromatic N) is 2. The van der Waals surface area contributed by atoms with Crippen LogP contribution >= 0.6 is 0 Å². The fourth-order valence-electron chi connectivity index (χ4n) is 4.85. The third-order valence-corrected chi connectivity index (χ3v) is 7.17. The summed E-state index contributed by atoms with van der Waals surface area (Å²) < 4.78 is 36.2. The Hall–Kier alpha value is -2.94. The van der Waals surface area contributed by atoms with E-state index < -0.39 is 17.9 Å². The number of allylic oxidation sites excluding steroid dienone is 1. The van der Waals surface area contributed by atoms with Crippen LogP contribution in [-0.2, 0) is 16.0 Å². The number of rotatable bonds is 10. The van der Waals surface area contributed by atoms with Crippen molar-refractivity contribution in [1.82, 2.24) is 15.5 Å². The van der Waals surface area contributed by atoms with Gasteiger partial charge in [-0.2, -0.15) is 8.78 Å². The van der Waals surface area contributed by atoms with Gasteiger partial charge in [-0.05, 0) is 67.7 Å². The average molecular weight is 488 g/mol. The molecule has 35 heavy (non-hydrogen) atoms. The number of hydrogen-bond acceptors (Lipinski definition) is 6.